The van der Waals surface area contributed by atoms with Crippen LogP contribution < -0.4 is 5.32 Å². The molecule has 0 aliphatic carbocycles. The van der Waals surface area contributed by atoms with Gasteiger partial charge in [0.1, 0.15) is 5.51 Å². The number of hydrogen-bond acceptors (Lipinski definition) is 5. The van der Waals surface area contributed by atoms with Gasteiger partial charge < -0.3 is 0 Å². The lowest BCUT2D eigenvalue weighted by atomic mass is 10.0. The Balaban J connectivity index is 1.65. The molecular formula is C14H15ClN4OS. The van der Waals surface area contributed by atoms with Gasteiger partial charge in [-0.15, -0.1) is 10.2 Å². The highest BCUT2D eigenvalue weighted by Gasteiger charge is 2.27. The number of anilines is 1. The number of rotatable bonds is 4. The van der Waals surface area contributed by atoms with E-state index in [2.05, 4.69) is 26.5 Å². The molecule has 0 radical (unpaired) electrons. The van der Waals surface area contributed by atoms with Gasteiger partial charge in [0.2, 0.25) is 11.0 Å². The summed E-state index contributed by atoms with van der Waals surface area (Å²) in [5.41, 5.74) is 2.77. The normalized spacial score (nSPS) is 18.8. The van der Waals surface area contributed by atoms with Crippen molar-refractivity contribution in [1.29, 1.82) is 0 Å². The Kier molecular flexibility index (Phi) is 4.48. The van der Waals surface area contributed by atoms with Gasteiger partial charge in [-0.3, -0.25) is 15.0 Å². The minimum absolute atomic E-state index is 0.0549. The van der Waals surface area contributed by atoms with Gasteiger partial charge in [-0.05, 0) is 37.1 Å². The van der Waals surface area contributed by atoms with E-state index >= 15 is 0 Å². The van der Waals surface area contributed by atoms with Gasteiger partial charge in [-0.1, -0.05) is 35.1 Å². The smallest absolute Gasteiger partial charge is 0.240 e. The molecule has 0 saturated carbocycles. The van der Waals surface area contributed by atoms with Crippen LogP contribution >= 0.6 is 22.9 Å². The summed E-state index contributed by atoms with van der Waals surface area (Å²) in [4.78, 5) is 14.3. The molecule has 1 N–H and O–H groups in total. The van der Waals surface area contributed by atoms with Crippen LogP contribution in [-0.2, 0) is 4.79 Å². The molecule has 0 unspecified atom stereocenters. The Labute approximate surface area is 131 Å². The molecule has 1 saturated heterocycles. The van der Waals surface area contributed by atoms with E-state index in [0.717, 1.165) is 24.4 Å². The SMILES string of the molecule is O=C(CN1CCC[C@H]1c1cccc(Cl)c1)Nc1nncs1. The molecule has 7 heteroatoms. The summed E-state index contributed by atoms with van der Waals surface area (Å²) >= 11 is 7.38. The zero-order valence-electron chi connectivity index (χ0n) is 11.3. The van der Waals surface area contributed by atoms with Crippen LogP contribution in [0, 0.1) is 0 Å². The van der Waals surface area contributed by atoms with Crippen LogP contribution in [0.25, 0.3) is 0 Å². The van der Waals surface area contributed by atoms with Crippen molar-refractivity contribution in [3.8, 4) is 0 Å². The highest BCUT2D eigenvalue weighted by atomic mass is 35.5. The van der Waals surface area contributed by atoms with Crippen LogP contribution in [-0.4, -0.2) is 34.1 Å². The van der Waals surface area contributed by atoms with Gasteiger partial charge in [0, 0.05) is 11.1 Å². The molecule has 1 aliphatic heterocycles. The zero-order chi connectivity index (χ0) is 14.7. The number of amides is 1. The Morgan fingerprint density at radius 2 is 2.43 bits per heavy atom. The first-order valence-corrected chi connectivity index (χ1v) is 8.03. The van der Waals surface area contributed by atoms with Crippen LogP contribution in [0.1, 0.15) is 24.4 Å². The minimum Gasteiger partial charge on any atom is -0.299 e. The molecule has 1 atom stereocenters. The van der Waals surface area contributed by atoms with E-state index in [-0.39, 0.29) is 11.9 Å². The summed E-state index contributed by atoms with van der Waals surface area (Å²) in [5.74, 6) is -0.0549. The van der Waals surface area contributed by atoms with Gasteiger partial charge in [-0.25, -0.2) is 0 Å². The number of aromatic nitrogens is 2. The van der Waals surface area contributed by atoms with Crippen molar-refractivity contribution in [2.45, 2.75) is 18.9 Å². The second-order valence-electron chi connectivity index (χ2n) is 4.98. The monoisotopic (exact) mass is 322 g/mol. The maximum absolute atomic E-state index is 12.1. The fraction of sp³-hybridized carbons (Fsp3) is 0.357. The molecule has 2 aromatic rings. The molecule has 21 heavy (non-hydrogen) atoms. The lowest BCUT2D eigenvalue weighted by molar-refractivity contribution is -0.117. The molecule has 0 bridgehead atoms. The number of carbonyl (C=O) groups is 1. The van der Waals surface area contributed by atoms with Crippen molar-refractivity contribution in [2.75, 3.05) is 18.4 Å². The van der Waals surface area contributed by atoms with Crippen LogP contribution in [0.3, 0.4) is 0 Å². The van der Waals surface area contributed by atoms with Crippen molar-refractivity contribution < 1.29 is 4.79 Å². The number of nitrogens with one attached hydrogen (secondary N) is 1. The van der Waals surface area contributed by atoms with E-state index < -0.39 is 0 Å². The van der Waals surface area contributed by atoms with Crippen molar-refractivity contribution in [2.24, 2.45) is 0 Å². The number of benzene rings is 1. The van der Waals surface area contributed by atoms with E-state index in [1.54, 1.807) is 5.51 Å². The molecular weight excluding hydrogens is 308 g/mol. The van der Waals surface area contributed by atoms with E-state index in [4.69, 9.17) is 11.6 Å². The van der Waals surface area contributed by atoms with Crippen molar-refractivity contribution in [1.82, 2.24) is 15.1 Å². The van der Waals surface area contributed by atoms with Crippen molar-refractivity contribution >= 4 is 34.0 Å². The van der Waals surface area contributed by atoms with Gasteiger partial charge in [0.15, 0.2) is 0 Å². The molecule has 1 fully saturated rings. The summed E-state index contributed by atoms with van der Waals surface area (Å²) in [7, 11) is 0. The number of hydrogen-bond donors (Lipinski definition) is 1. The lowest BCUT2D eigenvalue weighted by Crippen LogP contribution is -2.32. The standard InChI is InChI=1S/C14H15ClN4OS/c15-11-4-1-3-10(7-11)12-5-2-6-19(12)8-13(20)17-14-18-16-9-21-14/h1,3-4,7,9,12H,2,5-6,8H2,(H,17,18,20)/t12-/m0/s1. The second-order valence-corrected chi connectivity index (χ2v) is 6.25. The molecule has 1 aromatic carbocycles. The first kappa shape index (κ1) is 14.4. The summed E-state index contributed by atoms with van der Waals surface area (Å²) < 4.78 is 0. The number of likely N-dealkylation sites (tertiary alicyclic amines) is 1. The quantitative estimate of drug-likeness (QED) is 0.940. The maximum Gasteiger partial charge on any atom is 0.240 e. The Bertz CT molecular complexity index is 619. The van der Waals surface area contributed by atoms with Crippen LogP contribution in [0.4, 0.5) is 5.13 Å². The second kappa shape index (κ2) is 6.51. The van der Waals surface area contributed by atoms with E-state index in [0.29, 0.717) is 11.7 Å². The molecule has 1 aliphatic rings. The lowest BCUT2D eigenvalue weighted by Gasteiger charge is -2.24. The molecule has 1 aromatic heterocycles. The van der Waals surface area contributed by atoms with Gasteiger partial charge in [-0.2, -0.15) is 0 Å². The van der Waals surface area contributed by atoms with E-state index in [1.807, 2.05) is 18.2 Å². The third kappa shape index (κ3) is 3.58. The highest BCUT2D eigenvalue weighted by Crippen LogP contribution is 2.32. The van der Waals surface area contributed by atoms with Crippen molar-refractivity contribution in [3.05, 3.63) is 40.4 Å². The fourth-order valence-electron chi connectivity index (χ4n) is 2.68. The van der Waals surface area contributed by atoms with Crippen LogP contribution in [0.2, 0.25) is 5.02 Å². The summed E-state index contributed by atoms with van der Waals surface area (Å²) in [5, 5.41) is 11.6. The molecule has 0 spiro atoms. The summed E-state index contributed by atoms with van der Waals surface area (Å²) in [6.45, 7) is 1.28. The van der Waals surface area contributed by atoms with Crippen LogP contribution in [0.5, 0.6) is 0 Å². The van der Waals surface area contributed by atoms with E-state index in [9.17, 15) is 4.79 Å². The minimum atomic E-state index is -0.0549. The predicted octanol–water partition coefficient (Wildman–Crippen LogP) is 2.97. The Morgan fingerprint density at radius 1 is 1.52 bits per heavy atom. The molecule has 1 amide bonds. The third-order valence-electron chi connectivity index (χ3n) is 3.55. The number of nitrogens with zero attached hydrogens (tertiary/aromatic N) is 3. The van der Waals surface area contributed by atoms with Crippen LogP contribution in [0.15, 0.2) is 29.8 Å². The first-order valence-electron chi connectivity index (χ1n) is 6.78. The first-order chi connectivity index (χ1) is 10.2. The van der Waals surface area contributed by atoms with E-state index in [1.165, 1.54) is 16.9 Å². The largest absolute Gasteiger partial charge is 0.299 e. The summed E-state index contributed by atoms with van der Waals surface area (Å²) in [6.07, 6.45) is 2.13. The average molecular weight is 323 g/mol. The Hall–Kier alpha value is -1.50. The Morgan fingerprint density at radius 3 is 3.19 bits per heavy atom. The molecule has 3 rings (SSSR count). The van der Waals surface area contributed by atoms with Gasteiger partial charge in [0.25, 0.3) is 0 Å². The number of carbonyl (C=O) groups excluding carboxylic acids is 1. The predicted molar refractivity (Wildman–Crippen MR) is 83.5 cm³/mol. The third-order valence-corrected chi connectivity index (χ3v) is 4.39. The fourth-order valence-corrected chi connectivity index (χ4v) is 3.34. The molecule has 5 nitrogen and oxygen atoms in total. The average Bonchev–Trinajstić information content (AvgIpc) is 3.10. The molecule has 110 valence electrons. The highest BCUT2D eigenvalue weighted by molar-refractivity contribution is 7.13. The van der Waals surface area contributed by atoms with Gasteiger partial charge in [0.05, 0.1) is 6.54 Å². The maximum atomic E-state index is 12.1. The molecule has 2 heterocycles. The zero-order valence-corrected chi connectivity index (χ0v) is 12.9. The summed E-state index contributed by atoms with van der Waals surface area (Å²) in [6, 6.07) is 8.12. The van der Waals surface area contributed by atoms with Gasteiger partial charge >= 0.3 is 0 Å². The number of halogens is 1. The topological polar surface area (TPSA) is 58.1 Å². The van der Waals surface area contributed by atoms with Crippen molar-refractivity contribution in [3.63, 3.8) is 0 Å².